The number of hydrogen-bond donors (Lipinski definition) is 2. The van der Waals surface area contributed by atoms with Crippen molar-refractivity contribution < 1.29 is 9.53 Å². The predicted molar refractivity (Wildman–Crippen MR) is 97.1 cm³/mol. The van der Waals surface area contributed by atoms with Crippen LogP contribution in [0.15, 0.2) is 42.5 Å². The van der Waals surface area contributed by atoms with Gasteiger partial charge in [-0.25, -0.2) is 9.78 Å². The Morgan fingerprint density at radius 1 is 1.29 bits per heavy atom. The number of halogens is 1. The highest BCUT2D eigenvalue weighted by molar-refractivity contribution is 6.32. The molecule has 5 nitrogen and oxygen atoms in total. The zero-order chi connectivity index (χ0) is 16.9. The molecule has 0 aliphatic rings. The lowest BCUT2D eigenvalue weighted by molar-refractivity contribution is 0.167. The van der Waals surface area contributed by atoms with Gasteiger partial charge < -0.3 is 9.72 Å². The number of amides is 1. The molecule has 6 heteroatoms. The first-order chi connectivity index (χ1) is 11.7. The van der Waals surface area contributed by atoms with Crippen LogP contribution >= 0.6 is 11.6 Å². The van der Waals surface area contributed by atoms with Crippen molar-refractivity contribution in [3.63, 3.8) is 0 Å². The fourth-order valence-corrected chi connectivity index (χ4v) is 2.45. The van der Waals surface area contributed by atoms with E-state index in [1.807, 2.05) is 54.6 Å². The summed E-state index contributed by atoms with van der Waals surface area (Å²) in [6.07, 6.45) is 3.40. The molecule has 0 spiro atoms. The van der Waals surface area contributed by atoms with Crippen LogP contribution in [0.25, 0.3) is 23.2 Å². The van der Waals surface area contributed by atoms with E-state index in [0.29, 0.717) is 17.6 Å². The van der Waals surface area contributed by atoms with Crippen molar-refractivity contribution in [2.24, 2.45) is 0 Å². The number of H-pyrrole nitrogens is 1. The summed E-state index contributed by atoms with van der Waals surface area (Å²) in [4.78, 5) is 18.8. The van der Waals surface area contributed by atoms with Crippen molar-refractivity contribution in [1.82, 2.24) is 9.97 Å². The Morgan fingerprint density at radius 2 is 2.12 bits per heavy atom. The van der Waals surface area contributed by atoms with E-state index in [0.717, 1.165) is 22.2 Å². The molecule has 0 saturated carbocycles. The van der Waals surface area contributed by atoms with Gasteiger partial charge in [-0.3, -0.25) is 5.32 Å². The van der Waals surface area contributed by atoms with Gasteiger partial charge in [0.05, 0.1) is 17.6 Å². The van der Waals surface area contributed by atoms with Crippen molar-refractivity contribution in [1.29, 1.82) is 0 Å². The Hall–Kier alpha value is -2.79. The average molecular weight is 342 g/mol. The monoisotopic (exact) mass is 341 g/mol. The Morgan fingerprint density at radius 3 is 2.92 bits per heavy atom. The topological polar surface area (TPSA) is 67.0 Å². The van der Waals surface area contributed by atoms with E-state index < -0.39 is 6.09 Å². The van der Waals surface area contributed by atoms with Gasteiger partial charge in [0.25, 0.3) is 0 Å². The first kappa shape index (κ1) is 16.1. The highest BCUT2D eigenvalue weighted by Crippen LogP contribution is 2.20. The predicted octanol–water partition coefficient (Wildman–Crippen LogP) is 4.96. The van der Waals surface area contributed by atoms with Crippen LogP contribution in [0.3, 0.4) is 0 Å². The maximum Gasteiger partial charge on any atom is 0.413 e. The summed E-state index contributed by atoms with van der Waals surface area (Å²) in [6.45, 7) is 2.05. The minimum atomic E-state index is -0.532. The van der Waals surface area contributed by atoms with Crippen molar-refractivity contribution in [2.75, 3.05) is 11.9 Å². The molecule has 0 bridgehead atoms. The molecule has 0 radical (unpaired) electrons. The number of ether oxygens (including phenoxy) is 1. The zero-order valence-corrected chi connectivity index (χ0v) is 13.8. The molecular formula is C18H16ClN3O2. The number of aromatic nitrogens is 2. The Labute approximate surface area is 144 Å². The third-order valence-corrected chi connectivity index (χ3v) is 3.71. The van der Waals surface area contributed by atoms with Gasteiger partial charge >= 0.3 is 6.09 Å². The molecule has 122 valence electrons. The lowest BCUT2D eigenvalue weighted by atomic mass is 10.1. The van der Waals surface area contributed by atoms with Crippen molar-refractivity contribution in [2.45, 2.75) is 6.92 Å². The molecule has 0 fully saturated rings. The van der Waals surface area contributed by atoms with Crippen LogP contribution < -0.4 is 5.32 Å². The number of aromatic amines is 1. The van der Waals surface area contributed by atoms with Gasteiger partial charge in [0.1, 0.15) is 0 Å². The average Bonchev–Trinajstić information content (AvgIpc) is 2.95. The van der Waals surface area contributed by atoms with Gasteiger partial charge in [0, 0.05) is 5.02 Å². The molecule has 1 heterocycles. The summed E-state index contributed by atoms with van der Waals surface area (Å²) in [5.41, 5.74) is 3.53. The van der Waals surface area contributed by atoms with E-state index in [4.69, 9.17) is 16.3 Å². The van der Waals surface area contributed by atoms with Gasteiger partial charge in [-0.15, -0.1) is 0 Å². The summed E-state index contributed by atoms with van der Waals surface area (Å²) < 4.78 is 4.83. The van der Waals surface area contributed by atoms with Gasteiger partial charge in [-0.05, 0) is 36.2 Å². The third kappa shape index (κ3) is 3.75. The fraction of sp³-hybridized carbons (Fsp3) is 0.111. The van der Waals surface area contributed by atoms with E-state index in [-0.39, 0.29) is 0 Å². The maximum absolute atomic E-state index is 11.4. The van der Waals surface area contributed by atoms with Crippen LogP contribution in [0.4, 0.5) is 10.7 Å². The van der Waals surface area contributed by atoms with Crippen molar-refractivity contribution in [3.8, 4) is 0 Å². The number of benzene rings is 2. The number of carbonyl (C=O) groups is 1. The van der Waals surface area contributed by atoms with Gasteiger partial charge in [0.2, 0.25) is 5.95 Å². The van der Waals surface area contributed by atoms with E-state index >= 15 is 0 Å². The smallest absolute Gasteiger partial charge is 0.413 e. The molecule has 0 unspecified atom stereocenters. The molecule has 24 heavy (non-hydrogen) atoms. The number of hydrogen-bond acceptors (Lipinski definition) is 3. The standard InChI is InChI=1S/C18H16ClN3O2/c1-2-24-18(23)22-17-20-15-10-8-12(11-16(15)21-17)7-9-13-5-3-4-6-14(13)19/h3-11H,2H2,1H3,(H2,20,21,22,23). The van der Waals surface area contributed by atoms with E-state index in [1.165, 1.54) is 0 Å². The second kappa shape index (κ2) is 7.19. The normalized spacial score (nSPS) is 11.1. The zero-order valence-electron chi connectivity index (χ0n) is 13.0. The van der Waals surface area contributed by atoms with E-state index in [9.17, 15) is 4.79 Å². The third-order valence-electron chi connectivity index (χ3n) is 3.36. The summed E-state index contributed by atoms with van der Waals surface area (Å²) >= 11 is 6.14. The molecule has 3 rings (SSSR count). The summed E-state index contributed by atoms with van der Waals surface area (Å²) in [5, 5.41) is 3.26. The minimum absolute atomic E-state index is 0.309. The number of anilines is 1. The Balaban J connectivity index is 1.81. The molecule has 0 aliphatic carbocycles. The van der Waals surface area contributed by atoms with Crippen LogP contribution in [0.5, 0.6) is 0 Å². The molecule has 3 aromatic rings. The number of carbonyl (C=O) groups excluding carboxylic acids is 1. The Kier molecular flexibility index (Phi) is 4.82. The van der Waals surface area contributed by atoms with Crippen molar-refractivity contribution in [3.05, 3.63) is 58.6 Å². The van der Waals surface area contributed by atoms with Crippen LogP contribution in [0, 0.1) is 0 Å². The molecule has 2 N–H and O–H groups in total. The van der Waals surface area contributed by atoms with E-state index in [1.54, 1.807) is 6.92 Å². The lowest BCUT2D eigenvalue weighted by Crippen LogP contribution is -2.14. The maximum atomic E-state index is 11.4. The van der Waals surface area contributed by atoms with Crippen LogP contribution in [-0.4, -0.2) is 22.7 Å². The summed E-state index contributed by atoms with van der Waals surface area (Å²) in [5.74, 6) is 0.357. The van der Waals surface area contributed by atoms with E-state index in [2.05, 4.69) is 15.3 Å². The number of imidazole rings is 1. The van der Waals surface area contributed by atoms with Crippen LogP contribution in [0.2, 0.25) is 5.02 Å². The van der Waals surface area contributed by atoms with Crippen LogP contribution in [0.1, 0.15) is 18.1 Å². The van der Waals surface area contributed by atoms with Gasteiger partial charge in [-0.2, -0.15) is 0 Å². The molecular weight excluding hydrogens is 326 g/mol. The molecule has 2 aromatic carbocycles. The summed E-state index contributed by atoms with van der Waals surface area (Å²) in [6, 6.07) is 13.4. The molecule has 1 aromatic heterocycles. The highest BCUT2D eigenvalue weighted by atomic mass is 35.5. The number of rotatable bonds is 4. The van der Waals surface area contributed by atoms with Crippen LogP contribution in [-0.2, 0) is 4.74 Å². The molecule has 1 amide bonds. The summed E-state index contributed by atoms with van der Waals surface area (Å²) in [7, 11) is 0. The largest absolute Gasteiger partial charge is 0.450 e. The molecule has 0 atom stereocenters. The second-order valence-corrected chi connectivity index (χ2v) is 5.47. The highest BCUT2D eigenvalue weighted by Gasteiger charge is 2.07. The first-order valence-corrected chi connectivity index (χ1v) is 7.89. The fourth-order valence-electron chi connectivity index (χ4n) is 2.25. The number of fused-ring (bicyclic) bond motifs is 1. The molecule has 0 saturated heterocycles. The quantitative estimate of drug-likeness (QED) is 0.659. The second-order valence-electron chi connectivity index (χ2n) is 5.06. The molecule has 0 aliphatic heterocycles. The lowest BCUT2D eigenvalue weighted by Gasteiger charge is -2.00. The Bertz CT molecular complexity index is 902. The van der Waals surface area contributed by atoms with Gasteiger partial charge in [0.15, 0.2) is 0 Å². The number of nitrogens with one attached hydrogen (secondary N) is 2. The van der Waals surface area contributed by atoms with Gasteiger partial charge in [-0.1, -0.05) is 48.0 Å². The van der Waals surface area contributed by atoms with Crippen molar-refractivity contribution >= 4 is 46.8 Å². The number of nitrogens with zero attached hydrogens (tertiary/aromatic N) is 1. The SMILES string of the molecule is CCOC(=O)Nc1nc2ccc(C=Cc3ccccc3Cl)cc2[nH]1. The first-order valence-electron chi connectivity index (χ1n) is 7.52. The minimum Gasteiger partial charge on any atom is -0.450 e.